The first-order valence-electron chi connectivity index (χ1n) is 12.5. The first-order chi connectivity index (χ1) is 15.6. The van der Waals surface area contributed by atoms with E-state index >= 15 is 0 Å². The summed E-state index contributed by atoms with van der Waals surface area (Å²) < 4.78 is 0. The Balaban J connectivity index is 1.51. The Kier molecular flexibility index (Phi) is 9.57. The van der Waals surface area contributed by atoms with Gasteiger partial charge in [0.1, 0.15) is 0 Å². The normalized spacial score (nSPS) is 23.4. The zero-order valence-corrected chi connectivity index (χ0v) is 19.5. The summed E-state index contributed by atoms with van der Waals surface area (Å²) in [4.78, 5) is 40.2. The van der Waals surface area contributed by atoms with Crippen molar-refractivity contribution in [3.63, 3.8) is 0 Å². The molecule has 1 aliphatic carbocycles. The molecule has 0 radical (unpaired) electrons. The number of likely N-dealkylation sites (tertiary alicyclic amines) is 1. The predicted octanol–water partition coefficient (Wildman–Crippen LogP) is 4.05. The fraction of sp³-hybridized carbons (Fsp3) is 0.654. The van der Waals surface area contributed by atoms with Gasteiger partial charge in [-0.3, -0.25) is 14.4 Å². The Labute approximate surface area is 192 Å². The van der Waals surface area contributed by atoms with Gasteiger partial charge in [0.25, 0.3) is 5.91 Å². The molecule has 2 fully saturated rings. The van der Waals surface area contributed by atoms with E-state index < -0.39 is 0 Å². The van der Waals surface area contributed by atoms with E-state index in [4.69, 9.17) is 0 Å². The lowest BCUT2D eigenvalue weighted by Gasteiger charge is -2.36. The lowest BCUT2D eigenvalue weighted by atomic mass is 9.88. The third kappa shape index (κ3) is 7.07. The van der Waals surface area contributed by atoms with Crippen molar-refractivity contribution in [2.45, 2.75) is 89.6 Å². The van der Waals surface area contributed by atoms with Crippen molar-refractivity contribution in [1.29, 1.82) is 0 Å². The van der Waals surface area contributed by atoms with Crippen LogP contribution >= 0.6 is 0 Å². The van der Waals surface area contributed by atoms with Gasteiger partial charge in [-0.25, -0.2) is 0 Å². The molecule has 1 saturated carbocycles. The Bertz CT molecular complexity index is 752. The molecule has 176 valence electrons. The largest absolute Gasteiger partial charge is 0.351 e. The van der Waals surface area contributed by atoms with Gasteiger partial charge in [0.2, 0.25) is 11.8 Å². The first kappa shape index (κ1) is 24.3. The van der Waals surface area contributed by atoms with Crippen LogP contribution in [0.4, 0.5) is 0 Å². The summed E-state index contributed by atoms with van der Waals surface area (Å²) in [6.07, 6.45) is 10.5. The highest BCUT2D eigenvalue weighted by Crippen LogP contribution is 2.22. The number of amides is 3. The summed E-state index contributed by atoms with van der Waals surface area (Å²) in [6, 6.07) is 9.11. The molecule has 0 spiro atoms. The number of unbranched alkanes of at least 4 members (excludes halogenated alkanes) is 3. The zero-order valence-electron chi connectivity index (χ0n) is 19.5. The van der Waals surface area contributed by atoms with Gasteiger partial charge >= 0.3 is 0 Å². The highest BCUT2D eigenvalue weighted by atomic mass is 16.2. The van der Waals surface area contributed by atoms with Gasteiger partial charge in [0, 0.05) is 37.2 Å². The fourth-order valence-corrected chi connectivity index (χ4v) is 4.90. The van der Waals surface area contributed by atoms with Crippen LogP contribution in [0, 0.1) is 5.92 Å². The van der Waals surface area contributed by atoms with Crippen LogP contribution in [0.1, 0.15) is 87.9 Å². The second kappa shape index (κ2) is 12.6. The van der Waals surface area contributed by atoms with Crippen LogP contribution in [0.15, 0.2) is 30.3 Å². The van der Waals surface area contributed by atoms with Gasteiger partial charge < -0.3 is 15.5 Å². The molecule has 2 N–H and O–H groups in total. The molecule has 1 unspecified atom stereocenters. The summed E-state index contributed by atoms with van der Waals surface area (Å²) in [5.74, 6) is -0.0337. The van der Waals surface area contributed by atoms with Crippen LogP contribution < -0.4 is 10.6 Å². The number of piperidine rings is 1. The van der Waals surface area contributed by atoms with Crippen molar-refractivity contribution >= 4 is 17.7 Å². The molecule has 3 rings (SSSR count). The molecule has 1 aromatic rings. The van der Waals surface area contributed by atoms with Crippen molar-refractivity contribution in [2.24, 2.45) is 5.92 Å². The molecule has 1 saturated heterocycles. The molecule has 2 aliphatic rings. The topological polar surface area (TPSA) is 78.5 Å². The predicted molar refractivity (Wildman–Crippen MR) is 126 cm³/mol. The van der Waals surface area contributed by atoms with Crippen LogP contribution in [-0.4, -0.2) is 47.8 Å². The maximum absolute atomic E-state index is 13.1. The van der Waals surface area contributed by atoms with E-state index in [9.17, 15) is 14.4 Å². The molecular weight excluding hydrogens is 402 g/mol. The van der Waals surface area contributed by atoms with E-state index in [0.29, 0.717) is 18.5 Å². The highest BCUT2D eigenvalue weighted by molar-refractivity contribution is 5.94. The molecule has 0 aromatic heterocycles. The number of benzene rings is 1. The Morgan fingerprint density at radius 1 is 0.906 bits per heavy atom. The maximum Gasteiger partial charge on any atom is 0.251 e. The van der Waals surface area contributed by atoms with Crippen LogP contribution in [0.3, 0.4) is 0 Å². The summed E-state index contributed by atoms with van der Waals surface area (Å²) in [7, 11) is 0. The van der Waals surface area contributed by atoms with Crippen LogP contribution in [-0.2, 0) is 9.59 Å². The lowest BCUT2D eigenvalue weighted by Crippen LogP contribution is -2.55. The monoisotopic (exact) mass is 441 g/mol. The SMILES string of the molecule is CCCCCCC(=O)N1CCCC(C(=O)N[C@@H]2CCCC[C@H]2NC(=O)c2ccccc2)C1. The number of hydrogen-bond acceptors (Lipinski definition) is 3. The van der Waals surface area contributed by atoms with Crippen molar-refractivity contribution < 1.29 is 14.4 Å². The minimum atomic E-state index is -0.157. The summed E-state index contributed by atoms with van der Waals surface area (Å²) in [5.41, 5.74) is 0.642. The number of carbonyl (C=O) groups excluding carboxylic acids is 3. The van der Waals surface area contributed by atoms with E-state index in [-0.39, 0.29) is 35.7 Å². The van der Waals surface area contributed by atoms with Crippen molar-refractivity contribution in [3.8, 4) is 0 Å². The molecule has 32 heavy (non-hydrogen) atoms. The van der Waals surface area contributed by atoms with E-state index in [2.05, 4.69) is 17.6 Å². The number of nitrogens with one attached hydrogen (secondary N) is 2. The van der Waals surface area contributed by atoms with Crippen molar-refractivity contribution in [3.05, 3.63) is 35.9 Å². The molecule has 0 bridgehead atoms. The van der Waals surface area contributed by atoms with Gasteiger partial charge in [0.15, 0.2) is 0 Å². The smallest absolute Gasteiger partial charge is 0.251 e. The third-order valence-electron chi connectivity index (χ3n) is 6.84. The second-order valence-electron chi connectivity index (χ2n) is 9.34. The standard InChI is InChI=1S/C26H39N3O3/c1-2-3-4-8-17-24(30)29-18-11-14-21(19-29)26(32)28-23-16-10-9-15-22(23)27-25(31)20-12-6-5-7-13-20/h5-7,12-13,21-23H,2-4,8-11,14-19H2,1H3,(H,27,31)(H,28,32)/t21?,22-,23-/m1/s1. The van der Waals surface area contributed by atoms with E-state index in [1.807, 2.05) is 35.2 Å². The highest BCUT2D eigenvalue weighted by Gasteiger charge is 2.33. The number of carbonyl (C=O) groups is 3. The summed E-state index contributed by atoms with van der Waals surface area (Å²) in [5, 5.41) is 6.36. The first-order valence-corrected chi connectivity index (χ1v) is 12.5. The van der Waals surface area contributed by atoms with Crippen molar-refractivity contribution in [1.82, 2.24) is 15.5 Å². The molecule has 1 heterocycles. The van der Waals surface area contributed by atoms with Crippen LogP contribution in [0.2, 0.25) is 0 Å². The van der Waals surface area contributed by atoms with Gasteiger partial charge in [-0.15, -0.1) is 0 Å². The number of hydrogen-bond donors (Lipinski definition) is 2. The lowest BCUT2D eigenvalue weighted by molar-refractivity contribution is -0.136. The Hall–Kier alpha value is -2.37. The van der Waals surface area contributed by atoms with Gasteiger partial charge in [-0.05, 0) is 44.2 Å². The van der Waals surface area contributed by atoms with Crippen LogP contribution in [0.5, 0.6) is 0 Å². The van der Waals surface area contributed by atoms with Gasteiger partial charge in [-0.2, -0.15) is 0 Å². The van der Waals surface area contributed by atoms with Gasteiger partial charge in [-0.1, -0.05) is 57.2 Å². The molecule has 6 heteroatoms. The summed E-state index contributed by atoms with van der Waals surface area (Å²) >= 11 is 0. The molecule has 6 nitrogen and oxygen atoms in total. The summed E-state index contributed by atoms with van der Waals surface area (Å²) in [6.45, 7) is 3.45. The van der Waals surface area contributed by atoms with E-state index in [1.54, 1.807) is 0 Å². The third-order valence-corrected chi connectivity index (χ3v) is 6.84. The minimum Gasteiger partial charge on any atom is -0.351 e. The maximum atomic E-state index is 13.1. The minimum absolute atomic E-state index is 0.0272. The molecule has 3 atom stereocenters. The quantitative estimate of drug-likeness (QED) is 0.568. The molecule has 3 amide bonds. The Morgan fingerprint density at radius 2 is 1.62 bits per heavy atom. The Morgan fingerprint density at radius 3 is 2.34 bits per heavy atom. The van der Waals surface area contributed by atoms with Crippen molar-refractivity contribution in [2.75, 3.05) is 13.1 Å². The van der Waals surface area contributed by atoms with Crippen LogP contribution in [0.25, 0.3) is 0 Å². The number of nitrogens with zero attached hydrogens (tertiary/aromatic N) is 1. The molecule has 1 aliphatic heterocycles. The second-order valence-corrected chi connectivity index (χ2v) is 9.34. The fourth-order valence-electron chi connectivity index (χ4n) is 4.90. The van der Waals surface area contributed by atoms with E-state index in [1.165, 1.54) is 6.42 Å². The molecule has 1 aromatic carbocycles. The number of rotatable bonds is 9. The average Bonchev–Trinajstić information content (AvgIpc) is 2.83. The molecular formula is C26H39N3O3. The average molecular weight is 442 g/mol. The van der Waals surface area contributed by atoms with Gasteiger partial charge in [0.05, 0.1) is 5.92 Å². The zero-order chi connectivity index (χ0) is 22.8. The van der Waals surface area contributed by atoms with E-state index in [0.717, 1.165) is 64.3 Å².